The van der Waals surface area contributed by atoms with E-state index in [1.807, 2.05) is 43.3 Å². The van der Waals surface area contributed by atoms with E-state index >= 15 is 0 Å². The van der Waals surface area contributed by atoms with Crippen LogP contribution < -0.4 is 0 Å². The molecule has 2 aromatic rings. The van der Waals surface area contributed by atoms with Crippen molar-refractivity contribution >= 4 is 26.7 Å². The molecule has 2 aromatic carbocycles. The zero-order chi connectivity index (χ0) is 13.3. The molecule has 0 saturated heterocycles. The summed E-state index contributed by atoms with van der Waals surface area (Å²) in [6.45, 7) is 1.84. The molecule has 0 aliphatic rings. The van der Waals surface area contributed by atoms with Crippen molar-refractivity contribution in [2.24, 2.45) is 0 Å². The SMILES string of the molecule is Cc1ccc2ccccc2c1C(Br)CC(F)(F)F. The Morgan fingerprint density at radius 3 is 2.44 bits per heavy atom. The van der Waals surface area contributed by atoms with E-state index in [1.54, 1.807) is 0 Å². The monoisotopic (exact) mass is 316 g/mol. The zero-order valence-electron chi connectivity index (χ0n) is 9.76. The molecule has 0 aromatic heterocycles. The van der Waals surface area contributed by atoms with Crippen LogP contribution in [0.1, 0.15) is 22.4 Å². The van der Waals surface area contributed by atoms with Crippen LogP contribution in [0.5, 0.6) is 0 Å². The van der Waals surface area contributed by atoms with E-state index in [0.717, 1.165) is 21.9 Å². The predicted octanol–water partition coefficient (Wildman–Crippen LogP) is 5.54. The maximum Gasteiger partial charge on any atom is 0.390 e. The molecule has 96 valence electrons. The van der Waals surface area contributed by atoms with E-state index in [4.69, 9.17) is 0 Å². The number of alkyl halides is 4. The van der Waals surface area contributed by atoms with Gasteiger partial charge < -0.3 is 0 Å². The van der Waals surface area contributed by atoms with Gasteiger partial charge in [-0.05, 0) is 28.8 Å². The van der Waals surface area contributed by atoms with Gasteiger partial charge in [-0.15, -0.1) is 0 Å². The lowest BCUT2D eigenvalue weighted by molar-refractivity contribution is -0.134. The van der Waals surface area contributed by atoms with Crippen molar-refractivity contribution in [2.75, 3.05) is 0 Å². The molecule has 0 spiro atoms. The van der Waals surface area contributed by atoms with Crippen molar-refractivity contribution in [2.45, 2.75) is 24.3 Å². The summed E-state index contributed by atoms with van der Waals surface area (Å²) in [7, 11) is 0. The Labute approximate surface area is 112 Å². The van der Waals surface area contributed by atoms with E-state index in [0.29, 0.717) is 0 Å². The molecule has 1 unspecified atom stereocenters. The highest BCUT2D eigenvalue weighted by atomic mass is 79.9. The van der Waals surface area contributed by atoms with Crippen LogP contribution in [-0.2, 0) is 0 Å². The molecule has 18 heavy (non-hydrogen) atoms. The summed E-state index contributed by atoms with van der Waals surface area (Å²) in [6.07, 6.45) is -5.03. The first-order valence-corrected chi connectivity index (χ1v) is 6.49. The quantitative estimate of drug-likeness (QED) is 0.638. The summed E-state index contributed by atoms with van der Waals surface area (Å²) < 4.78 is 37.5. The van der Waals surface area contributed by atoms with E-state index < -0.39 is 17.4 Å². The summed E-state index contributed by atoms with van der Waals surface area (Å²) in [5.74, 6) is 0. The molecule has 0 N–H and O–H groups in total. The number of benzene rings is 2. The van der Waals surface area contributed by atoms with Gasteiger partial charge in [-0.1, -0.05) is 52.3 Å². The lowest BCUT2D eigenvalue weighted by Gasteiger charge is -2.17. The molecule has 0 radical (unpaired) electrons. The highest BCUT2D eigenvalue weighted by Gasteiger charge is 2.32. The van der Waals surface area contributed by atoms with E-state index in [9.17, 15) is 13.2 Å². The number of hydrogen-bond acceptors (Lipinski definition) is 0. The van der Waals surface area contributed by atoms with Gasteiger partial charge in [0.05, 0.1) is 6.42 Å². The predicted molar refractivity (Wildman–Crippen MR) is 71.0 cm³/mol. The summed E-state index contributed by atoms with van der Waals surface area (Å²) in [4.78, 5) is -0.705. The maximum atomic E-state index is 12.5. The largest absolute Gasteiger partial charge is 0.390 e. The van der Waals surface area contributed by atoms with Crippen LogP contribution in [0.25, 0.3) is 10.8 Å². The Balaban J connectivity index is 2.52. The first-order chi connectivity index (χ1) is 8.38. The second kappa shape index (κ2) is 4.92. The second-order valence-electron chi connectivity index (χ2n) is 4.30. The molecule has 1 atom stereocenters. The highest BCUT2D eigenvalue weighted by molar-refractivity contribution is 9.09. The normalized spacial score (nSPS) is 13.8. The topological polar surface area (TPSA) is 0 Å². The Hall–Kier alpha value is -1.03. The second-order valence-corrected chi connectivity index (χ2v) is 5.41. The molecule has 0 aliphatic carbocycles. The fourth-order valence-corrected chi connectivity index (χ4v) is 3.10. The van der Waals surface area contributed by atoms with Crippen molar-refractivity contribution in [1.29, 1.82) is 0 Å². The first-order valence-electron chi connectivity index (χ1n) is 5.57. The van der Waals surface area contributed by atoms with Crippen LogP contribution in [-0.4, -0.2) is 6.18 Å². The van der Waals surface area contributed by atoms with Gasteiger partial charge >= 0.3 is 6.18 Å². The van der Waals surface area contributed by atoms with Crippen LogP contribution in [0.15, 0.2) is 36.4 Å². The fourth-order valence-electron chi connectivity index (χ4n) is 2.13. The molecule has 0 bridgehead atoms. The van der Waals surface area contributed by atoms with Gasteiger partial charge in [0, 0.05) is 4.83 Å². The van der Waals surface area contributed by atoms with Crippen molar-refractivity contribution in [1.82, 2.24) is 0 Å². The van der Waals surface area contributed by atoms with Crippen molar-refractivity contribution in [3.05, 3.63) is 47.5 Å². The molecule has 0 amide bonds. The number of hydrogen-bond donors (Lipinski definition) is 0. The van der Waals surface area contributed by atoms with Gasteiger partial charge in [-0.3, -0.25) is 0 Å². The molecule has 0 aliphatic heterocycles. The van der Waals surface area contributed by atoms with Gasteiger partial charge in [0.2, 0.25) is 0 Å². The minimum atomic E-state index is -4.17. The van der Waals surface area contributed by atoms with Crippen LogP contribution in [0.2, 0.25) is 0 Å². The van der Waals surface area contributed by atoms with Gasteiger partial charge in [0.1, 0.15) is 0 Å². The third-order valence-corrected chi connectivity index (χ3v) is 3.69. The molecule has 0 nitrogen and oxygen atoms in total. The number of halogens is 4. The third-order valence-electron chi connectivity index (χ3n) is 2.91. The minimum absolute atomic E-state index is 0.705. The average Bonchev–Trinajstić information content (AvgIpc) is 2.26. The highest BCUT2D eigenvalue weighted by Crippen LogP contribution is 2.39. The molecule has 0 fully saturated rings. The number of fused-ring (bicyclic) bond motifs is 1. The third kappa shape index (κ3) is 2.86. The fraction of sp³-hybridized carbons (Fsp3) is 0.286. The van der Waals surface area contributed by atoms with Gasteiger partial charge in [0.25, 0.3) is 0 Å². The Kier molecular flexibility index (Phi) is 3.66. The van der Waals surface area contributed by atoms with Crippen LogP contribution in [0.3, 0.4) is 0 Å². The van der Waals surface area contributed by atoms with Gasteiger partial charge in [-0.25, -0.2) is 0 Å². The van der Waals surface area contributed by atoms with Crippen molar-refractivity contribution in [3.8, 4) is 0 Å². The Morgan fingerprint density at radius 1 is 1.11 bits per heavy atom. The van der Waals surface area contributed by atoms with Gasteiger partial charge in [0.15, 0.2) is 0 Å². The van der Waals surface area contributed by atoms with Crippen LogP contribution >= 0.6 is 15.9 Å². The van der Waals surface area contributed by atoms with E-state index in [-0.39, 0.29) is 0 Å². The molecule has 0 heterocycles. The summed E-state index contributed by atoms with van der Waals surface area (Å²) in [5.41, 5.74) is 1.60. The van der Waals surface area contributed by atoms with Gasteiger partial charge in [-0.2, -0.15) is 13.2 Å². The standard InChI is InChI=1S/C14H12BrF3/c1-9-6-7-10-4-2-3-5-11(10)13(9)12(15)8-14(16,17)18/h2-7,12H,8H2,1H3. The summed E-state index contributed by atoms with van der Waals surface area (Å²) in [5, 5.41) is 1.84. The maximum absolute atomic E-state index is 12.5. The molecular weight excluding hydrogens is 305 g/mol. The van der Waals surface area contributed by atoms with Crippen LogP contribution in [0.4, 0.5) is 13.2 Å². The zero-order valence-corrected chi connectivity index (χ0v) is 11.3. The van der Waals surface area contributed by atoms with Crippen LogP contribution in [0, 0.1) is 6.92 Å². The lowest BCUT2D eigenvalue weighted by Crippen LogP contribution is -2.11. The smallest absolute Gasteiger partial charge is 0.171 e. The lowest BCUT2D eigenvalue weighted by atomic mass is 9.96. The Morgan fingerprint density at radius 2 is 1.78 bits per heavy atom. The average molecular weight is 317 g/mol. The molecule has 0 saturated carbocycles. The molecular formula is C14H12BrF3. The Bertz CT molecular complexity index is 560. The van der Waals surface area contributed by atoms with Crippen molar-refractivity contribution in [3.63, 3.8) is 0 Å². The van der Waals surface area contributed by atoms with E-state index in [2.05, 4.69) is 15.9 Å². The van der Waals surface area contributed by atoms with Crippen molar-refractivity contribution < 1.29 is 13.2 Å². The minimum Gasteiger partial charge on any atom is -0.171 e. The number of aryl methyl sites for hydroxylation is 1. The molecule has 2 rings (SSSR count). The number of rotatable bonds is 2. The van der Waals surface area contributed by atoms with E-state index in [1.165, 1.54) is 0 Å². The summed E-state index contributed by atoms with van der Waals surface area (Å²) >= 11 is 3.17. The first kappa shape index (κ1) is 13.4. The summed E-state index contributed by atoms with van der Waals surface area (Å²) in [6, 6.07) is 11.3. The molecule has 4 heteroatoms.